The monoisotopic (exact) mass is 520 g/mol. The van der Waals surface area contributed by atoms with Crippen LogP contribution in [-0.2, 0) is 11.2 Å². The summed E-state index contributed by atoms with van der Waals surface area (Å²) in [5.41, 5.74) is 11.9. The van der Waals surface area contributed by atoms with E-state index in [9.17, 15) is 4.79 Å². The number of rotatable bonds is 12. The molecule has 0 saturated heterocycles. The quantitative estimate of drug-likeness (QED) is 0.148. The number of fused-ring (bicyclic) bond motifs is 2. The van der Waals surface area contributed by atoms with Gasteiger partial charge < -0.3 is 11.1 Å². The summed E-state index contributed by atoms with van der Waals surface area (Å²) in [5, 5.41) is 3.90. The van der Waals surface area contributed by atoms with Crippen molar-refractivity contribution in [3.05, 3.63) is 78.9 Å². The minimum atomic E-state index is 0.394. The summed E-state index contributed by atoms with van der Waals surface area (Å²) in [6.07, 6.45) is 9.56. The van der Waals surface area contributed by atoms with Gasteiger partial charge in [0.05, 0.1) is 11.2 Å². The number of hydrogen-bond donors (Lipinski definition) is 2. The first kappa shape index (κ1) is 26.4. The lowest BCUT2D eigenvalue weighted by Gasteiger charge is -2.18. The summed E-state index contributed by atoms with van der Waals surface area (Å²) < 4.78 is 2.08. The molecule has 0 bridgehead atoms. The first-order valence-corrected chi connectivity index (χ1v) is 13.8. The molecule has 7 nitrogen and oxygen atoms in total. The van der Waals surface area contributed by atoms with Gasteiger partial charge in [-0.05, 0) is 36.8 Å². The molecule has 7 heteroatoms. The highest BCUT2D eigenvalue weighted by molar-refractivity contribution is 5.91. The Morgan fingerprint density at radius 3 is 2.62 bits per heavy atom. The van der Waals surface area contributed by atoms with Gasteiger partial charge >= 0.3 is 0 Å². The fourth-order valence-electron chi connectivity index (χ4n) is 5.18. The number of anilines is 1. The number of benzene rings is 2. The van der Waals surface area contributed by atoms with Gasteiger partial charge in [0, 0.05) is 41.9 Å². The molecule has 2 aromatic carbocycles. The summed E-state index contributed by atoms with van der Waals surface area (Å²) in [6.45, 7) is 5.20. The number of carbonyl (C=O) groups is 1. The van der Waals surface area contributed by atoms with Crippen molar-refractivity contribution in [3.8, 4) is 22.5 Å². The number of nitrogen functional groups attached to an aromatic ring is 1. The molecule has 3 N–H and O–H groups in total. The zero-order chi connectivity index (χ0) is 27.2. The predicted octanol–water partition coefficient (Wildman–Crippen LogP) is 6.31. The van der Waals surface area contributed by atoms with Crippen molar-refractivity contribution in [2.45, 2.75) is 46.0 Å². The third kappa shape index (κ3) is 5.93. The number of imidazole rings is 1. The molecule has 5 aromatic rings. The number of carbonyl (C=O) groups excluding carboxylic acids is 1. The van der Waals surface area contributed by atoms with E-state index in [4.69, 9.17) is 15.7 Å². The standard InChI is InChI=1S/C32H36N6O/c1-3-22(2)9-10-23(15-16-34-21-39)19-29-37-30(31-32(33)35-17-18-38(29)31)26-12-11-25-13-14-27(36-28(25)20-26)24-7-5-4-6-8-24/h4-8,11-14,17-18,20-23H,3,9-10,15-16,19H2,1-2H3,(H2,33,35)(H,34,39). The predicted molar refractivity (Wildman–Crippen MR) is 158 cm³/mol. The SMILES string of the molecule is CCC(C)CCC(CCNC=O)Cc1nc(-c2ccc3ccc(-c4ccccc4)nc3c2)c2c(N)nccn12. The molecule has 39 heavy (non-hydrogen) atoms. The van der Waals surface area contributed by atoms with Gasteiger partial charge in [0.2, 0.25) is 6.41 Å². The normalized spacial score (nSPS) is 13.0. The van der Waals surface area contributed by atoms with Crippen LogP contribution in [0.4, 0.5) is 5.82 Å². The van der Waals surface area contributed by atoms with E-state index >= 15 is 0 Å². The van der Waals surface area contributed by atoms with Crippen LogP contribution in [0.25, 0.3) is 38.9 Å². The third-order valence-electron chi connectivity index (χ3n) is 7.71. The molecule has 0 radical (unpaired) electrons. The maximum Gasteiger partial charge on any atom is 0.207 e. The Labute approximate surface area is 229 Å². The molecule has 0 aliphatic carbocycles. The van der Waals surface area contributed by atoms with E-state index in [2.05, 4.69) is 71.0 Å². The van der Waals surface area contributed by atoms with Crippen molar-refractivity contribution in [1.29, 1.82) is 0 Å². The Hall–Kier alpha value is -4.26. The average molecular weight is 521 g/mol. The van der Waals surface area contributed by atoms with E-state index in [1.165, 1.54) is 6.42 Å². The van der Waals surface area contributed by atoms with Crippen LogP contribution in [0.2, 0.25) is 0 Å². The molecule has 2 unspecified atom stereocenters. The Morgan fingerprint density at radius 1 is 1.00 bits per heavy atom. The molecule has 0 saturated carbocycles. The Bertz CT molecular complexity index is 1560. The summed E-state index contributed by atoms with van der Waals surface area (Å²) in [7, 11) is 0. The van der Waals surface area contributed by atoms with Crippen LogP contribution >= 0.6 is 0 Å². The van der Waals surface area contributed by atoms with Gasteiger partial charge in [-0.25, -0.2) is 15.0 Å². The molecule has 0 aliphatic rings. The van der Waals surface area contributed by atoms with Gasteiger partial charge in [-0.3, -0.25) is 9.20 Å². The van der Waals surface area contributed by atoms with Crippen LogP contribution in [-0.4, -0.2) is 32.3 Å². The minimum absolute atomic E-state index is 0.394. The second-order valence-corrected chi connectivity index (χ2v) is 10.4. The number of nitrogens with zero attached hydrogens (tertiary/aromatic N) is 4. The Morgan fingerprint density at radius 2 is 1.82 bits per heavy atom. The summed E-state index contributed by atoms with van der Waals surface area (Å²) in [4.78, 5) is 25.4. The van der Waals surface area contributed by atoms with Crippen LogP contribution < -0.4 is 11.1 Å². The highest BCUT2D eigenvalue weighted by Crippen LogP contribution is 2.32. The Kier molecular flexibility index (Phi) is 8.16. The number of amides is 1. The van der Waals surface area contributed by atoms with E-state index in [1.54, 1.807) is 6.20 Å². The fourth-order valence-corrected chi connectivity index (χ4v) is 5.18. The molecule has 2 atom stereocenters. The van der Waals surface area contributed by atoms with Gasteiger partial charge in [0.1, 0.15) is 22.9 Å². The summed E-state index contributed by atoms with van der Waals surface area (Å²) in [5.74, 6) is 2.48. The molecular formula is C32H36N6O. The van der Waals surface area contributed by atoms with Crippen molar-refractivity contribution in [3.63, 3.8) is 0 Å². The molecule has 5 rings (SSSR count). The van der Waals surface area contributed by atoms with Crippen molar-refractivity contribution >= 4 is 28.6 Å². The molecule has 3 heterocycles. The number of pyridine rings is 1. The lowest BCUT2D eigenvalue weighted by Crippen LogP contribution is -2.19. The first-order chi connectivity index (χ1) is 19.1. The van der Waals surface area contributed by atoms with Gasteiger partial charge in [0.15, 0.2) is 0 Å². The van der Waals surface area contributed by atoms with Gasteiger partial charge in [0.25, 0.3) is 0 Å². The molecule has 0 spiro atoms. The van der Waals surface area contributed by atoms with E-state index in [1.807, 2.05) is 24.4 Å². The lowest BCUT2D eigenvalue weighted by atomic mass is 9.90. The molecule has 200 valence electrons. The van der Waals surface area contributed by atoms with Crippen LogP contribution in [0, 0.1) is 11.8 Å². The second-order valence-electron chi connectivity index (χ2n) is 10.4. The Balaban J connectivity index is 1.52. The number of aromatic nitrogens is 4. The van der Waals surface area contributed by atoms with Crippen LogP contribution in [0.15, 0.2) is 73.1 Å². The maximum absolute atomic E-state index is 10.9. The van der Waals surface area contributed by atoms with Crippen molar-refractivity contribution in [2.75, 3.05) is 12.3 Å². The lowest BCUT2D eigenvalue weighted by molar-refractivity contribution is -0.109. The van der Waals surface area contributed by atoms with Gasteiger partial charge in [-0.2, -0.15) is 0 Å². The maximum atomic E-state index is 10.9. The first-order valence-electron chi connectivity index (χ1n) is 13.8. The minimum Gasteiger partial charge on any atom is -0.382 e. The summed E-state index contributed by atoms with van der Waals surface area (Å²) in [6, 6.07) is 20.6. The van der Waals surface area contributed by atoms with Crippen molar-refractivity contribution in [2.24, 2.45) is 11.8 Å². The average Bonchev–Trinajstić information content (AvgIpc) is 3.35. The van der Waals surface area contributed by atoms with Crippen LogP contribution in [0.3, 0.4) is 0 Å². The highest BCUT2D eigenvalue weighted by atomic mass is 16.1. The van der Waals surface area contributed by atoms with Gasteiger partial charge in [-0.15, -0.1) is 0 Å². The second kappa shape index (κ2) is 12.1. The van der Waals surface area contributed by atoms with Gasteiger partial charge in [-0.1, -0.05) is 75.2 Å². The van der Waals surface area contributed by atoms with E-state index in [-0.39, 0.29) is 0 Å². The number of hydrogen-bond acceptors (Lipinski definition) is 5. The van der Waals surface area contributed by atoms with E-state index in [0.29, 0.717) is 24.2 Å². The van der Waals surface area contributed by atoms with E-state index < -0.39 is 0 Å². The fraction of sp³-hybridized carbons (Fsp3) is 0.312. The molecule has 3 aromatic heterocycles. The molecule has 0 fully saturated rings. The van der Waals surface area contributed by atoms with Crippen molar-refractivity contribution < 1.29 is 4.79 Å². The summed E-state index contributed by atoms with van der Waals surface area (Å²) >= 11 is 0. The highest BCUT2D eigenvalue weighted by Gasteiger charge is 2.20. The van der Waals surface area contributed by atoms with E-state index in [0.717, 1.165) is 76.9 Å². The number of nitrogens with two attached hydrogens (primary N) is 1. The molecule has 1 amide bonds. The topological polar surface area (TPSA) is 98.2 Å². The molecule has 0 aliphatic heterocycles. The zero-order valence-corrected chi connectivity index (χ0v) is 22.7. The zero-order valence-electron chi connectivity index (χ0n) is 22.7. The third-order valence-corrected chi connectivity index (χ3v) is 7.71. The molecular weight excluding hydrogens is 484 g/mol. The van der Waals surface area contributed by atoms with Crippen LogP contribution in [0.1, 0.15) is 45.4 Å². The van der Waals surface area contributed by atoms with Crippen LogP contribution in [0.5, 0.6) is 0 Å². The smallest absolute Gasteiger partial charge is 0.207 e. The number of nitrogens with one attached hydrogen (secondary N) is 1. The largest absolute Gasteiger partial charge is 0.382 e. The van der Waals surface area contributed by atoms with Crippen molar-refractivity contribution in [1.82, 2.24) is 24.7 Å².